The molecule has 0 aliphatic carbocycles. The van der Waals surface area contributed by atoms with Crippen molar-refractivity contribution in [1.29, 1.82) is 0 Å². The maximum atomic E-state index is 10.9. The average molecular weight is 340 g/mol. The molecule has 0 saturated carbocycles. The van der Waals surface area contributed by atoms with Crippen LogP contribution in [-0.4, -0.2) is 22.2 Å². The first-order valence-electron chi connectivity index (χ1n) is 7.53. The summed E-state index contributed by atoms with van der Waals surface area (Å²) in [7, 11) is 1.49. The van der Waals surface area contributed by atoms with Crippen LogP contribution in [0.1, 0.15) is 11.5 Å². The van der Waals surface area contributed by atoms with Crippen LogP contribution in [0.3, 0.4) is 0 Å². The molecule has 0 bridgehead atoms. The van der Waals surface area contributed by atoms with Crippen LogP contribution in [0, 0.1) is 17.0 Å². The SMILES string of the molecule is COc1ccc([N+](=O)[O-])cc1NCc1nc(-c2ccc(C)cc2)no1. The number of hydrogen-bond acceptors (Lipinski definition) is 7. The van der Waals surface area contributed by atoms with Crippen LogP contribution in [0.2, 0.25) is 0 Å². The molecule has 0 radical (unpaired) electrons. The quantitative estimate of drug-likeness (QED) is 0.540. The van der Waals surface area contributed by atoms with Gasteiger partial charge in [0.05, 0.1) is 24.3 Å². The number of nitro benzene ring substituents is 1. The summed E-state index contributed by atoms with van der Waals surface area (Å²) in [5, 5.41) is 17.9. The van der Waals surface area contributed by atoms with Gasteiger partial charge in [-0.15, -0.1) is 0 Å². The molecule has 0 amide bonds. The molecule has 128 valence electrons. The Morgan fingerprint density at radius 3 is 2.68 bits per heavy atom. The number of ether oxygens (including phenoxy) is 1. The monoisotopic (exact) mass is 340 g/mol. The summed E-state index contributed by atoms with van der Waals surface area (Å²) < 4.78 is 10.4. The normalized spacial score (nSPS) is 10.5. The molecule has 0 spiro atoms. The molecule has 0 aliphatic heterocycles. The zero-order valence-corrected chi connectivity index (χ0v) is 13.7. The first-order valence-corrected chi connectivity index (χ1v) is 7.53. The number of nitrogens with zero attached hydrogens (tertiary/aromatic N) is 3. The highest BCUT2D eigenvalue weighted by Crippen LogP contribution is 2.29. The number of benzene rings is 2. The van der Waals surface area contributed by atoms with E-state index in [-0.39, 0.29) is 12.2 Å². The fourth-order valence-corrected chi connectivity index (χ4v) is 2.27. The lowest BCUT2D eigenvalue weighted by atomic mass is 10.1. The molecule has 25 heavy (non-hydrogen) atoms. The molecule has 8 heteroatoms. The predicted octanol–water partition coefficient (Wildman–Crippen LogP) is 3.57. The van der Waals surface area contributed by atoms with E-state index >= 15 is 0 Å². The van der Waals surface area contributed by atoms with E-state index in [9.17, 15) is 10.1 Å². The molecule has 0 saturated heterocycles. The van der Waals surface area contributed by atoms with Crippen molar-refractivity contribution in [2.45, 2.75) is 13.5 Å². The summed E-state index contributed by atoms with van der Waals surface area (Å²) in [6.45, 7) is 2.22. The maximum absolute atomic E-state index is 10.9. The molecule has 0 atom stereocenters. The molecule has 1 N–H and O–H groups in total. The highest BCUT2D eigenvalue weighted by molar-refractivity contribution is 5.61. The van der Waals surface area contributed by atoms with Gasteiger partial charge in [0.2, 0.25) is 11.7 Å². The lowest BCUT2D eigenvalue weighted by molar-refractivity contribution is -0.384. The van der Waals surface area contributed by atoms with Crippen molar-refractivity contribution in [3.05, 3.63) is 64.0 Å². The lowest BCUT2D eigenvalue weighted by Crippen LogP contribution is -2.02. The number of anilines is 1. The third kappa shape index (κ3) is 3.74. The van der Waals surface area contributed by atoms with Crippen LogP contribution in [0.15, 0.2) is 47.0 Å². The Hall–Kier alpha value is -3.42. The number of non-ortho nitro benzene ring substituents is 1. The summed E-state index contributed by atoms with van der Waals surface area (Å²) in [4.78, 5) is 14.8. The Bertz CT molecular complexity index is 890. The van der Waals surface area contributed by atoms with Crippen LogP contribution in [0.5, 0.6) is 5.75 Å². The van der Waals surface area contributed by atoms with Gasteiger partial charge in [-0.2, -0.15) is 4.98 Å². The largest absolute Gasteiger partial charge is 0.495 e. The Morgan fingerprint density at radius 1 is 1.24 bits per heavy atom. The van der Waals surface area contributed by atoms with E-state index in [4.69, 9.17) is 9.26 Å². The van der Waals surface area contributed by atoms with Crippen LogP contribution in [0.25, 0.3) is 11.4 Å². The van der Waals surface area contributed by atoms with Gasteiger partial charge >= 0.3 is 0 Å². The molecule has 0 fully saturated rings. The van der Waals surface area contributed by atoms with Gasteiger partial charge in [0.15, 0.2) is 0 Å². The summed E-state index contributed by atoms with van der Waals surface area (Å²) >= 11 is 0. The number of nitrogens with one attached hydrogen (secondary N) is 1. The highest BCUT2D eigenvalue weighted by atomic mass is 16.6. The first-order chi connectivity index (χ1) is 12.1. The van der Waals surface area contributed by atoms with Crippen molar-refractivity contribution in [2.75, 3.05) is 12.4 Å². The van der Waals surface area contributed by atoms with Gasteiger partial charge in [-0.05, 0) is 13.0 Å². The van der Waals surface area contributed by atoms with E-state index in [1.165, 1.54) is 25.3 Å². The minimum atomic E-state index is -0.465. The van der Waals surface area contributed by atoms with Gasteiger partial charge in [0, 0.05) is 17.7 Å². The minimum Gasteiger partial charge on any atom is -0.495 e. The number of nitro groups is 1. The Labute approximate surface area is 143 Å². The molecule has 2 aromatic carbocycles. The predicted molar refractivity (Wildman–Crippen MR) is 91.4 cm³/mol. The molecular weight excluding hydrogens is 324 g/mol. The lowest BCUT2D eigenvalue weighted by Gasteiger charge is -2.09. The fourth-order valence-electron chi connectivity index (χ4n) is 2.27. The van der Waals surface area contributed by atoms with Crippen LogP contribution in [0.4, 0.5) is 11.4 Å². The second-order valence-corrected chi connectivity index (χ2v) is 5.37. The van der Waals surface area contributed by atoms with Crippen molar-refractivity contribution >= 4 is 11.4 Å². The molecule has 1 aromatic heterocycles. The van der Waals surface area contributed by atoms with E-state index in [1.807, 2.05) is 31.2 Å². The van der Waals surface area contributed by atoms with E-state index in [0.717, 1.165) is 11.1 Å². The molecule has 3 aromatic rings. The van der Waals surface area contributed by atoms with E-state index in [1.54, 1.807) is 0 Å². The van der Waals surface area contributed by atoms with Gasteiger partial charge in [-0.1, -0.05) is 35.0 Å². The second-order valence-electron chi connectivity index (χ2n) is 5.37. The van der Waals surface area contributed by atoms with Crippen molar-refractivity contribution < 1.29 is 14.2 Å². The number of aryl methyl sites for hydroxylation is 1. The molecule has 8 nitrogen and oxygen atoms in total. The summed E-state index contributed by atoms with van der Waals surface area (Å²) in [6.07, 6.45) is 0. The van der Waals surface area contributed by atoms with E-state index < -0.39 is 4.92 Å². The zero-order chi connectivity index (χ0) is 17.8. The fraction of sp³-hybridized carbons (Fsp3) is 0.176. The van der Waals surface area contributed by atoms with Gasteiger partial charge in [0.25, 0.3) is 5.69 Å². The Balaban J connectivity index is 1.75. The molecule has 0 aliphatic rings. The van der Waals surface area contributed by atoms with Gasteiger partial charge in [-0.3, -0.25) is 10.1 Å². The Kier molecular flexibility index (Phi) is 4.60. The number of methoxy groups -OCH3 is 1. The standard InChI is InChI=1S/C17H16N4O4/c1-11-3-5-12(6-4-11)17-19-16(25-20-17)10-18-14-9-13(21(22)23)7-8-15(14)24-2/h3-9,18H,10H2,1-2H3. The van der Waals surface area contributed by atoms with Crippen molar-refractivity contribution in [3.8, 4) is 17.1 Å². The van der Waals surface area contributed by atoms with Crippen LogP contribution in [-0.2, 0) is 6.54 Å². The molecular formula is C17H16N4O4. The zero-order valence-electron chi connectivity index (χ0n) is 13.7. The average Bonchev–Trinajstić information content (AvgIpc) is 3.09. The van der Waals surface area contributed by atoms with Gasteiger partial charge in [-0.25, -0.2) is 0 Å². The summed E-state index contributed by atoms with van der Waals surface area (Å²) in [5.74, 6) is 1.34. The third-order valence-electron chi connectivity index (χ3n) is 3.60. The number of hydrogen-bond donors (Lipinski definition) is 1. The second kappa shape index (κ2) is 7.00. The summed E-state index contributed by atoms with van der Waals surface area (Å²) in [5.41, 5.74) is 2.45. The maximum Gasteiger partial charge on any atom is 0.271 e. The van der Waals surface area contributed by atoms with E-state index in [2.05, 4.69) is 15.5 Å². The third-order valence-corrected chi connectivity index (χ3v) is 3.60. The first kappa shape index (κ1) is 16.4. The van der Waals surface area contributed by atoms with Crippen LogP contribution < -0.4 is 10.1 Å². The van der Waals surface area contributed by atoms with Crippen molar-refractivity contribution in [1.82, 2.24) is 10.1 Å². The van der Waals surface area contributed by atoms with Crippen molar-refractivity contribution in [2.24, 2.45) is 0 Å². The number of rotatable bonds is 6. The van der Waals surface area contributed by atoms with Crippen LogP contribution >= 0.6 is 0 Å². The summed E-state index contributed by atoms with van der Waals surface area (Å²) in [6, 6.07) is 12.1. The van der Waals surface area contributed by atoms with Gasteiger partial charge in [0.1, 0.15) is 5.75 Å². The van der Waals surface area contributed by atoms with Gasteiger partial charge < -0.3 is 14.6 Å². The Morgan fingerprint density at radius 2 is 2.00 bits per heavy atom. The highest BCUT2D eigenvalue weighted by Gasteiger charge is 2.13. The van der Waals surface area contributed by atoms with E-state index in [0.29, 0.717) is 23.2 Å². The smallest absolute Gasteiger partial charge is 0.271 e. The molecule has 0 unspecified atom stereocenters. The molecule has 1 heterocycles. The number of aromatic nitrogens is 2. The van der Waals surface area contributed by atoms with Crippen molar-refractivity contribution in [3.63, 3.8) is 0 Å². The molecule has 3 rings (SSSR count). The minimum absolute atomic E-state index is 0.0332. The topological polar surface area (TPSA) is 103 Å².